The van der Waals surface area contributed by atoms with Crippen molar-refractivity contribution in [1.82, 2.24) is 4.90 Å². The fourth-order valence-electron chi connectivity index (χ4n) is 6.41. The fourth-order valence-corrected chi connectivity index (χ4v) is 7.75. The summed E-state index contributed by atoms with van der Waals surface area (Å²) in [7, 11) is 0. The van der Waals surface area contributed by atoms with E-state index in [0.29, 0.717) is 34.2 Å². The van der Waals surface area contributed by atoms with E-state index in [9.17, 15) is 9.59 Å². The zero-order chi connectivity index (χ0) is 28.3. The predicted octanol–water partition coefficient (Wildman–Crippen LogP) is 7.24. The lowest BCUT2D eigenvalue weighted by Gasteiger charge is -2.41. The Morgan fingerprint density at radius 3 is 2.05 bits per heavy atom. The minimum absolute atomic E-state index is 0.122. The molecule has 3 atom stereocenters. The zero-order valence-corrected chi connectivity index (χ0v) is 24.5. The Labute approximate surface area is 242 Å². The maximum atomic E-state index is 13.5. The molecule has 0 saturated carbocycles. The minimum atomic E-state index is -0.428. The largest absolute Gasteiger partial charge is 0.423 e. The highest BCUT2D eigenvalue weighted by Crippen LogP contribution is 2.43. The number of nitrogens with zero attached hydrogens (tertiary/aromatic N) is 1. The van der Waals surface area contributed by atoms with Crippen LogP contribution in [0.1, 0.15) is 85.6 Å². The second-order valence-corrected chi connectivity index (χ2v) is 12.6. The number of benzene rings is 3. The van der Waals surface area contributed by atoms with Crippen LogP contribution in [0.15, 0.2) is 83.8 Å². The van der Waals surface area contributed by atoms with Gasteiger partial charge in [0.1, 0.15) is 5.75 Å². The van der Waals surface area contributed by atoms with Crippen molar-refractivity contribution < 1.29 is 14.3 Å². The van der Waals surface area contributed by atoms with E-state index in [0.717, 1.165) is 44.1 Å². The van der Waals surface area contributed by atoms with Gasteiger partial charge in [0.15, 0.2) is 5.78 Å². The van der Waals surface area contributed by atoms with Gasteiger partial charge in [0.05, 0.1) is 11.6 Å². The number of fused-ring (bicyclic) bond motifs is 2. The maximum absolute atomic E-state index is 13.5. The van der Waals surface area contributed by atoms with Gasteiger partial charge in [-0.15, -0.1) is 11.8 Å². The third-order valence-electron chi connectivity index (χ3n) is 8.93. The molecule has 0 radical (unpaired) electrons. The molecule has 2 fully saturated rings. The molecule has 40 heavy (non-hydrogen) atoms. The molecule has 2 heterocycles. The summed E-state index contributed by atoms with van der Waals surface area (Å²) in [5, 5.41) is 0.597. The average Bonchev–Trinajstić information content (AvgIpc) is 3.26. The summed E-state index contributed by atoms with van der Waals surface area (Å²) in [6.45, 7) is 6.18. The van der Waals surface area contributed by atoms with Crippen molar-refractivity contribution in [3.63, 3.8) is 0 Å². The number of hydrogen-bond acceptors (Lipinski definition) is 6. The Hall–Kier alpha value is -2.93. The van der Waals surface area contributed by atoms with E-state index in [1.165, 1.54) is 4.90 Å². The molecule has 3 aromatic rings. The summed E-state index contributed by atoms with van der Waals surface area (Å²) in [5.74, 6) is 0.117. The maximum Gasteiger partial charge on any atom is 0.343 e. The molecule has 0 amide bonds. The van der Waals surface area contributed by atoms with Crippen LogP contribution in [-0.4, -0.2) is 40.0 Å². The number of carbonyl (C=O) groups is 2. The van der Waals surface area contributed by atoms with Gasteiger partial charge in [0.25, 0.3) is 0 Å². The van der Waals surface area contributed by atoms with Gasteiger partial charge in [0.2, 0.25) is 0 Å². The van der Waals surface area contributed by atoms with Gasteiger partial charge in [0, 0.05) is 33.3 Å². The normalized spacial score (nSPS) is 21.6. The molecule has 0 aromatic heterocycles. The van der Waals surface area contributed by atoms with Crippen molar-refractivity contribution in [3.8, 4) is 5.75 Å². The summed E-state index contributed by atoms with van der Waals surface area (Å²) >= 11 is 1.98. The van der Waals surface area contributed by atoms with Crippen LogP contribution in [-0.2, 0) is 5.54 Å². The summed E-state index contributed by atoms with van der Waals surface area (Å²) in [6, 6.07) is 25.7. The molecule has 3 aromatic carbocycles. The van der Waals surface area contributed by atoms with Crippen LogP contribution in [0, 0.1) is 0 Å². The van der Waals surface area contributed by atoms with E-state index in [1.54, 1.807) is 36.4 Å². The van der Waals surface area contributed by atoms with Crippen molar-refractivity contribution in [2.24, 2.45) is 5.73 Å². The van der Waals surface area contributed by atoms with Crippen molar-refractivity contribution in [1.29, 1.82) is 0 Å². The molecule has 0 spiro atoms. The number of hydrogen-bond donors (Lipinski definition) is 1. The molecular formula is C34H40N2O3S. The number of esters is 1. The van der Waals surface area contributed by atoms with Crippen LogP contribution in [0.2, 0.25) is 0 Å². The van der Waals surface area contributed by atoms with Crippen molar-refractivity contribution >= 4 is 23.5 Å². The van der Waals surface area contributed by atoms with Crippen LogP contribution in [0.4, 0.5) is 0 Å². The lowest BCUT2D eigenvalue weighted by atomic mass is 9.85. The summed E-state index contributed by atoms with van der Waals surface area (Å²) in [4.78, 5) is 30.0. The van der Waals surface area contributed by atoms with E-state index >= 15 is 0 Å². The second-order valence-electron chi connectivity index (χ2n) is 11.3. The molecule has 2 aliphatic heterocycles. The first-order valence-corrected chi connectivity index (χ1v) is 15.4. The Kier molecular flexibility index (Phi) is 8.79. The van der Waals surface area contributed by atoms with Crippen LogP contribution in [0.3, 0.4) is 0 Å². The first-order valence-electron chi connectivity index (χ1n) is 14.6. The van der Waals surface area contributed by atoms with E-state index in [4.69, 9.17) is 10.5 Å². The molecule has 6 heteroatoms. The number of piperidine rings is 1. The lowest BCUT2D eigenvalue weighted by molar-refractivity contribution is 0.0650. The molecule has 3 unspecified atom stereocenters. The molecule has 5 rings (SSSR count). The minimum Gasteiger partial charge on any atom is -0.423 e. The topological polar surface area (TPSA) is 72.6 Å². The highest BCUT2D eigenvalue weighted by atomic mass is 32.2. The third kappa shape index (κ3) is 6.04. The van der Waals surface area contributed by atoms with Crippen molar-refractivity contribution in [2.75, 3.05) is 0 Å². The monoisotopic (exact) mass is 556 g/mol. The summed E-state index contributed by atoms with van der Waals surface area (Å²) < 4.78 is 5.60. The van der Waals surface area contributed by atoms with Gasteiger partial charge in [-0.3, -0.25) is 9.69 Å². The number of ketones is 1. The summed E-state index contributed by atoms with van der Waals surface area (Å²) in [6.07, 6.45) is 6.20. The van der Waals surface area contributed by atoms with E-state index < -0.39 is 11.5 Å². The Balaban J connectivity index is 1.18. The third-order valence-corrected chi connectivity index (χ3v) is 10.2. The number of carbonyl (C=O) groups excluding carboxylic acids is 2. The highest BCUT2D eigenvalue weighted by Gasteiger charge is 2.44. The molecule has 2 bridgehead atoms. The first kappa shape index (κ1) is 28.6. The number of nitrogens with two attached hydrogens (primary N) is 1. The molecule has 2 saturated heterocycles. The Bertz CT molecular complexity index is 1290. The van der Waals surface area contributed by atoms with Gasteiger partial charge in [-0.1, -0.05) is 44.2 Å². The highest BCUT2D eigenvalue weighted by molar-refractivity contribution is 8.00. The Morgan fingerprint density at radius 2 is 1.48 bits per heavy atom. The van der Waals surface area contributed by atoms with E-state index in [-0.39, 0.29) is 11.8 Å². The SMILES string of the molecule is CCC(N)(CC)c1ccc(C(=O)Oc2ccc(C(=O)C(C)N3C4CCC3CC(Sc3ccccc3)C4)cc2)cc1. The molecule has 2 aliphatic rings. The van der Waals surface area contributed by atoms with Crippen LogP contribution in [0.5, 0.6) is 5.75 Å². The summed E-state index contributed by atoms with van der Waals surface area (Å²) in [5.41, 5.74) is 8.22. The number of thioether (sulfide) groups is 1. The smallest absolute Gasteiger partial charge is 0.343 e. The zero-order valence-electron chi connectivity index (χ0n) is 23.7. The van der Waals surface area contributed by atoms with Gasteiger partial charge in [-0.05, 0) is 99.5 Å². The molecule has 2 N–H and O–H groups in total. The standard InChI is InChI=1S/C34H40N2O3S/c1-4-34(35,5-2)26-15-11-25(12-16-26)33(38)39-29-19-13-24(14-20-29)32(37)23(3)36-27-17-18-28(36)22-31(21-27)40-30-9-7-6-8-10-30/h6-16,19-20,23,27-28,31H,4-5,17-18,21-22,35H2,1-3H3. The van der Waals surface area contributed by atoms with Gasteiger partial charge < -0.3 is 10.5 Å². The first-order chi connectivity index (χ1) is 19.3. The fraction of sp³-hybridized carbons (Fsp3) is 0.412. The van der Waals surface area contributed by atoms with Gasteiger partial charge in [-0.2, -0.15) is 0 Å². The molecule has 210 valence electrons. The van der Waals surface area contributed by atoms with E-state index in [2.05, 4.69) is 49.1 Å². The van der Waals surface area contributed by atoms with Crippen molar-refractivity contribution in [3.05, 3.63) is 95.6 Å². The van der Waals surface area contributed by atoms with Crippen LogP contribution < -0.4 is 10.5 Å². The molecule has 5 nitrogen and oxygen atoms in total. The van der Waals surface area contributed by atoms with Crippen molar-refractivity contribution in [2.45, 2.75) is 93.1 Å². The predicted molar refractivity (Wildman–Crippen MR) is 162 cm³/mol. The second kappa shape index (κ2) is 12.3. The Morgan fingerprint density at radius 1 is 0.900 bits per heavy atom. The number of ether oxygens (including phenoxy) is 1. The van der Waals surface area contributed by atoms with Gasteiger partial charge in [-0.25, -0.2) is 4.79 Å². The van der Waals surface area contributed by atoms with Gasteiger partial charge >= 0.3 is 5.97 Å². The molecular weight excluding hydrogens is 516 g/mol. The molecule has 0 aliphatic carbocycles. The number of Topliss-reactive ketones (excluding diaryl/α,β-unsaturated/α-hetero) is 1. The van der Waals surface area contributed by atoms with E-state index in [1.807, 2.05) is 30.8 Å². The van der Waals surface area contributed by atoms with Crippen LogP contribution >= 0.6 is 11.8 Å². The average molecular weight is 557 g/mol. The van der Waals surface area contributed by atoms with Crippen LogP contribution in [0.25, 0.3) is 0 Å². The number of rotatable bonds is 10. The quantitative estimate of drug-likeness (QED) is 0.161. The lowest BCUT2D eigenvalue weighted by Crippen LogP contribution is -2.51.